The third-order valence-corrected chi connectivity index (χ3v) is 5.71. The van der Waals surface area contributed by atoms with Crippen molar-refractivity contribution in [2.24, 2.45) is 0 Å². The van der Waals surface area contributed by atoms with Crippen LogP contribution in [0.3, 0.4) is 0 Å². The lowest BCUT2D eigenvalue weighted by atomic mass is 10.3. The van der Waals surface area contributed by atoms with Crippen molar-refractivity contribution in [2.45, 2.75) is 21.6 Å². The summed E-state index contributed by atoms with van der Waals surface area (Å²) in [5.41, 5.74) is 0. The first-order valence-electron chi connectivity index (χ1n) is 8.07. The first-order valence-corrected chi connectivity index (χ1v) is 9.29. The predicted octanol–water partition coefficient (Wildman–Crippen LogP) is 5.32. The minimum atomic E-state index is -0.680. The lowest BCUT2D eigenvalue weighted by Crippen LogP contribution is -2.10. The van der Waals surface area contributed by atoms with Crippen LogP contribution in [0.15, 0.2) is 99.6 Å². The van der Waals surface area contributed by atoms with Crippen LogP contribution in [0.1, 0.15) is 6.92 Å². The van der Waals surface area contributed by atoms with Crippen LogP contribution >= 0.6 is 0 Å². The van der Waals surface area contributed by atoms with E-state index in [4.69, 9.17) is 9.47 Å². The first kappa shape index (κ1) is 17.1. The average Bonchev–Trinajstić information content (AvgIpc) is 2.65. The zero-order valence-corrected chi connectivity index (χ0v) is 14.7. The Morgan fingerprint density at radius 3 is 1.72 bits per heavy atom. The number of carbonyl (C=O) groups is 1. The van der Waals surface area contributed by atoms with Crippen LogP contribution in [0.25, 0.3) is 0 Å². The van der Waals surface area contributed by atoms with Crippen LogP contribution < -0.4 is 4.74 Å². The van der Waals surface area contributed by atoms with Crippen molar-refractivity contribution in [3.05, 3.63) is 84.9 Å². The Kier molecular flexibility index (Phi) is 5.75. The average molecular weight is 351 g/mol. The Bertz CT molecular complexity index is 762. The van der Waals surface area contributed by atoms with E-state index in [1.165, 1.54) is 9.79 Å². The van der Waals surface area contributed by atoms with Gasteiger partial charge in [0.1, 0.15) is 5.75 Å². The molecule has 0 unspecified atom stereocenters. The van der Waals surface area contributed by atoms with Crippen LogP contribution in [0.2, 0.25) is 0 Å². The molecule has 0 aliphatic carbocycles. The molecule has 0 saturated carbocycles. The number of ether oxygens (including phenoxy) is 2. The molecule has 0 atom stereocenters. The van der Waals surface area contributed by atoms with E-state index in [0.29, 0.717) is 12.4 Å². The lowest BCUT2D eigenvalue weighted by Gasteiger charge is -2.09. The Hall–Kier alpha value is -2.72. The molecule has 0 aromatic heterocycles. The fourth-order valence-corrected chi connectivity index (χ4v) is 4.49. The summed E-state index contributed by atoms with van der Waals surface area (Å²) in [5, 5.41) is 0. The Labute approximate surface area is 150 Å². The van der Waals surface area contributed by atoms with Crippen molar-refractivity contribution in [1.82, 2.24) is 0 Å². The van der Waals surface area contributed by atoms with Gasteiger partial charge in [0.25, 0.3) is 0 Å². The van der Waals surface area contributed by atoms with Gasteiger partial charge in [-0.15, -0.1) is 0 Å². The van der Waals surface area contributed by atoms with E-state index in [-0.39, 0.29) is 10.9 Å². The van der Waals surface area contributed by atoms with Gasteiger partial charge in [-0.25, -0.2) is 4.79 Å². The van der Waals surface area contributed by atoms with Crippen molar-refractivity contribution in [3.63, 3.8) is 0 Å². The smallest absolute Gasteiger partial charge is 0.434 e. The van der Waals surface area contributed by atoms with Crippen LogP contribution in [-0.4, -0.2) is 12.8 Å². The van der Waals surface area contributed by atoms with Gasteiger partial charge < -0.3 is 9.47 Å². The third kappa shape index (κ3) is 4.43. The van der Waals surface area contributed by atoms with Crippen LogP contribution in [0, 0.1) is 0 Å². The van der Waals surface area contributed by atoms with Crippen molar-refractivity contribution in [2.75, 3.05) is 6.61 Å². The highest BCUT2D eigenvalue weighted by atomic mass is 32.2. The second-order valence-corrected chi connectivity index (χ2v) is 7.22. The van der Waals surface area contributed by atoms with Crippen LogP contribution in [-0.2, 0) is 15.6 Å². The van der Waals surface area contributed by atoms with E-state index in [2.05, 4.69) is 48.5 Å². The molecule has 0 heterocycles. The van der Waals surface area contributed by atoms with Gasteiger partial charge in [0.15, 0.2) is 14.7 Å². The van der Waals surface area contributed by atoms with Crippen LogP contribution in [0.5, 0.6) is 5.75 Å². The molecule has 3 aromatic rings. The minimum Gasteiger partial charge on any atom is -0.434 e. The van der Waals surface area contributed by atoms with Gasteiger partial charge in [-0.3, -0.25) is 0 Å². The highest BCUT2D eigenvalue weighted by molar-refractivity contribution is 7.97. The highest BCUT2D eigenvalue weighted by Gasteiger charge is 2.28. The third-order valence-electron chi connectivity index (χ3n) is 3.48. The topological polar surface area (TPSA) is 35.5 Å². The molecule has 3 aromatic carbocycles. The summed E-state index contributed by atoms with van der Waals surface area (Å²) in [6.07, 6.45) is -0.680. The molecule has 0 aliphatic rings. The fourth-order valence-electron chi connectivity index (χ4n) is 2.41. The van der Waals surface area contributed by atoms with Gasteiger partial charge in [-0.2, -0.15) is 0 Å². The molecule has 4 heteroatoms. The maximum Gasteiger partial charge on any atom is 0.513 e. The lowest BCUT2D eigenvalue weighted by molar-refractivity contribution is 0.104. The highest BCUT2D eigenvalue weighted by Crippen LogP contribution is 2.31. The van der Waals surface area contributed by atoms with Gasteiger partial charge in [-0.05, 0) is 55.5 Å². The molecule has 0 N–H and O–H groups in total. The maximum atomic E-state index is 11.4. The molecular formula is C21H19O3S+. The van der Waals surface area contributed by atoms with Gasteiger partial charge >= 0.3 is 6.16 Å². The molecule has 0 saturated heterocycles. The SMILES string of the molecule is CCOC(=O)Oc1ccc([S+](c2ccccc2)c2ccccc2)cc1. The molecule has 0 aliphatic heterocycles. The molecule has 3 rings (SSSR count). The van der Waals surface area contributed by atoms with E-state index in [9.17, 15) is 4.79 Å². The molecule has 0 spiro atoms. The molecule has 0 amide bonds. The second-order valence-electron chi connectivity index (χ2n) is 5.19. The van der Waals surface area contributed by atoms with E-state index >= 15 is 0 Å². The van der Waals surface area contributed by atoms with Crippen molar-refractivity contribution in [1.29, 1.82) is 0 Å². The largest absolute Gasteiger partial charge is 0.513 e. The van der Waals surface area contributed by atoms with Gasteiger partial charge in [-0.1, -0.05) is 36.4 Å². The summed E-state index contributed by atoms with van der Waals surface area (Å²) in [4.78, 5) is 15.1. The Morgan fingerprint density at radius 2 is 1.24 bits per heavy atom. The molecule has 126 valence electrons. The molecule has 25 heavy (non-hydrogen) atoms. The quantitative estimate of drug-likeness (QED) is 0.355. The summed E-state index contributed by atoms with van der Waals surface area (Å²) in [5.74, 6) is 0.479. The van der Waals surface area contributed by atoms with E-state index in [1.54, 1.807) is 19.1 Å². The Balaban J connectivity index is 1.90. The van der Waals surface area contributed by atoms with E-state index in [0.717, 1.165) is 4.90 Å². The first-order chi connectivity index (χ1) is 12.3. The number of benzene rings is 3. The molecule has 0 fully saturated rings. The zero-order chi connectivity index (χ0) is 17.5. The summed E-state index contributed by atoms with van der Waals surface area (Å²) in [6.45, 7) is 2.04. The number of hydrogen-bond acceptors (Lipinski definition) is 3. The zero-order valence-electron chi connectivity index (χ0n) is 13.9. The monoisotopic (exact) mass is 351 g/mol. The minimum absolute atomic E-state index is 0.211. The summed E-state index contributed by atoms with van der Waals surface area (Å²) >= 11 is 0. The van der Waals surface area contributed by atoms with Gasteiger partial charge in [0, 0.05) is 0 Å². The maximum absolute atomic E-state index is 11.4. The Morgan fingerprint density at radius 1 is 0.760 bits per heavy atom. The predicted molar refractivity (Wildman–Crippen MR) is 99.1 cm³/mol. The summed E-state index contributed by atoms with van der Waals surface area (Å²) < 4.78 is 9.95. The molecule has 3 nitrogen and oxygen atoms in total. The second kappa shape index (κ2) is 8.40. The molecule has 0 bridgehead atoms. The van der Waals surface area contributed by atoms with Gasteiger partial charge in [0.2, 0.25) is 0 Å². The summed E-state index contributed by atoms with van der Waals surface area (Å²) in [7, 11) is -0.211. The molecule has 0 radical (unpaired) electrons. The van der Waals surface area contributed by atoms with Crippen molar-refractivity contribution in [3.8, 4) is 5.75 Å². The number of carbonyl (C=O) groups excluding carboxylic acids is 1. The van der Waals surface area contributed by atoms with Crippen molar-refractivity contribution < 1.29 is 14.3 Å². The molecular weight excluding hydrogens is 332 g/mol. The normalized spacial score (nSPS) is 10.5. The van der Waals surface area contributed by atoms with Crippen molar-refractivity contribution >= 4 is 17.1 Å². The number of rotatable bonds is 5. The fraction of sp³-hybridized carbons (Fsp3) is 0.0952. The number of hydrogen-bond donors (Lipinski definition) is 0. The standard InChI is InChI=1S/C21H19O3S/c1-2-23-21(22)24-17-13-15-20(16-14-17)25(18-9-5-3-6-10-18)19-11-7-4-8-12-19/h3-16H,2H2,1H3/q+1. The van der Waals surface area contributed by atoms with Gasteiger partial charge in [0.05, 0.1) is 17.5 Å². The van der Waals surface area contributed by atoms with Crippen LogP contribution in [0.4, 0.5) is 4.79 Å². The summed E-state index contributed by atoms with van der Waals surface area (Å²) in [6, 6.07) is 28.4. The van der Waals surface area contributed by atoms with E-state index < -0.39 is 6.16 Å². The van der Waals surface area contributed by atoms with E-state index in [1.807, 2.05) is 24.3 Å².